The molecule has 0 spiro atoms. The lowest BCUT2D eigenvalue weighted by Crippen LogP contribution is -2.36. The van der Waals surface area contributed by atoms with Gasteiger partial charge in [-0.1, -0.05) is 6.07 Å². The highest BCUT2D eigenvalue weighted by atomic mass is 19.2. The summed E-state index contributed by atoms with van der Waals surface area (Å²) in [5, 5.41) is 0. The van der Waals surface area contributed by atoms with Gasteiger partial charge in [0.25, 0.3) is 0 Å². The summed E-state index contributed by atoms with van der Waals surface area (Å²) in [5.41, 5.74) is 6.59. The molecule has 1 unspecified atom stereocenters. The number of nitrogens with zero attached hydrogens (tertiary/aromatic N) is 2. The quantitative estimate of drug-likeness (QED) is 0.904. The minimum absolute atomic E-state index is 0.0402. The van der Waals surface area contributed by atoms with E-state index in [-0.39, 0.29) is 6.04 Å². The maximum atomic E-state index is 13.3. The molecule has 2 rings (SSSR count). The van der Waals surface area contributed by atoms with E-state index in [1.807, 2.05) is 0 Å². The lowest BCUT2D eigenvalue weighted by molar-refractivity contribution is 0.207. The summed E-state index contributed by atoms with van der Waals surface area (Å²) in [5.74, 6) is -1.61. The molecule has 19 heavy (non-hydrogen) atoms. The standard InChI is InChI=1S/C14H21F2N3/c1-18-5-2-6-19(8-7-18)14(10-17)11-3-4-12(15)13(16)9-11/h3-4,9,14H,2,5-8,10,17H2,1H3. The van der Waals surface area contributed by atoms with Crippen molar-refractivity contribution in [2.75, 3.05) is 39.8 Å². The molecule has 0 aromatic heterocycles. The van der Waals surface area contributed by atoms with Crippen LogP contribution < -0.4 is 5.73 Å². The number of halogens is 2. The van der Waals surface area contributed by atoms with Gasteiger partial charge in [-0.3, -0.25) is 4.90 Å². The van der Waals surface area contributed by atoms with Crippen LogP contribution in [0.4, 0.5) is 8.78 Å². The van der Waals surface area contributed by atoms with Crippen LogP contribution in [0.1, 0.15) is 18.0 Å². The van der Waals surface area contributed by atoms with Crippen molar-refractivity contribution in [3.63, 3.8) is 0 Å². The van der Waals surface area contributed by atoms with Gasteiger partial charge in [0.15, 0.2) is 11.6 Å². The highest BCUT2D eigenvalue weighted by Gasteiger charge is 2.22. The maximum Gasteiger partial charge on any atom is 0.159 e. The van der Waals surface area contributed by atoms with Crippen molar-refractivity contribution in [3.8, 4) is 0 Å². The first kappa shape index (κ1) is 14.4. The van der Waals surface area contributed by atoms with E-state index in [4.69, 9.17) is 5.73 Å². The Hall–Kier alpha value is -1.04. The average molecular weight is 269 g/mol. The van der Waals surface area contributed by atoms with Crippen LogP contribution >= 0.6 is 0 Å². The smallest absolute Gasteiger partial charge is 0.159 e. The molecule has 5 heteroatoms. The second-order valence-electron chi connectivity index (χ2n) is 5.12. The van der Waals surface area contributed by atoms with Gasteiger partial charge < -0.3 is 10.6 Å². The highest BCUT2D eigenvalue weighted by Crippen LogP contribution is 2.22. The third kappa shape index (κ3) is 3.49. The molecule has 1 saturated heterocycles. The summed E-state index contributed by atoms with van der Waals surface area (Å²) in [4.78, 5) is 4.54. The third-order valence-electron chi connectivity index (χ3n) is 3.75. The van der Waals surface area contributed by atoms with E-state index in [9.17, 15) is 8.78 Å². The van der Waals surface area contributed by atoms with Gasteiger partial charge in [-0.25, -0.2) is 8.78 Å². The second kappa shape index (κ2) is 6.41. The molecule has 1 aromatic rings. The molecule has 1 aliphatic heterocycles. The molecule has 1 fully saturated rings. The van der Waals surface area contributed by atoms with Gasteiger partial charge in [0, 0.05) is 32.2 Å². The minimum atomic E-state index is -0.810. The van der Waals surface area contributed by atoms with Gasteiger partial charge in [0.2, 0.25) is 0 Å². The van der Waals surface area contributed by atoms with Gasteiger partial charge in [-0.2, -0.15) is 0 Å². The molecule has 2 N–H and O–H groups in total. The molecule has 0 bridgehead atoms. The number of rotatable bonds is 3. The summed E-state index contributed by atoms with van der Waals surface area (Å²) < 4.78 is 26.3. The van der Waals surface area contributed by atoms with E-state index in [2.05, 4.69) is 16.8 Å². The fraction of sp³-hybridized carbons (Fsp3) is 0.571. The number of likely N-dealkylation sites (N-methyl/N-ethyl adjacent to an activating group) is 1. The normalized spacial score (nSPS) is 20.2. The average Bonchev–Trinajstić information content (AvgIpc) is 2.60. The summed E-state index contributed by atoms with van der Waals surface area (Å²) in [6.45, 7) is 4.28. The predicted octanol–water partition coefficient (Wildman–Crippen LogP) is 1.60. The van der Waals surface area contributed by atoms with E-state index < -0.39 is 11.6 Å². The van der Waals surface area contributed by atoms with Gasteiger partial charge >= 0.3 is 0 Å². The Morgan fingerprint density at radius 1 is 1.16 bits per heavy atom. The molecule has 106 valence electrons. The molecule has 1 aliphatic rings. The van der Waals surface area contributed by atoms with Crippen molar-refractivity contribution in [1.29, 1.82) is 0 Å². The molecule has 1 aromatic carbocycles. The lowest BCUT2D eigenvalue weighted by atomic mass is 10.0. The number of hydrogen-bond donors (Lipinski definition) is 1. The summed E-state index contributed by atoms with van der Waals surface area (Å²) >= 11 is 0. The van der Waals surface area contributed by atoms with E-state index in [1.54, 1.807) is 6.07 Å². The Kier molecular flexibility index (Phi) is 4.85. The van der Waals surface area contributed by atoms with E-state index in [0.717, 1.165) is 38.2 Å². The fourth-order valence-corrected chi connectivity index (χ4v) is 2.59. The largest absolute Gasteiger partial charge is 0.329 e. The SMILES string of the molecule is CN1CCCN(C(CN)c2ccc(F)c(F)c2)CC1. The molecule has 0 amide bonds. The molecule has 3 nitrogen and oxygen atoms in total. The molecule has 1 atom stereocenters. The Bertz CT molecular complexity index is 425. The number of benzene rings is 1. The van der Waals surface area contributed by atoms with E-state index >= 15 is 0 Å². The Morgan fingerprint density at radius 2 is 1.95 bits per heavy atom. The third-order valence-corrected chi connectivity index (χ3v) is 3.75. The first-order valence-electron chi connectivity index (χ1n) is 6.69. The van der Waals surface area contributed by atoms with Crippen molar-refractivity contribution >= 4 is 0 Å². The van der Waals surface area contributed by atoms with Gasteiger partial charge in [0.05, 0.1) is 0 Å². The van der Waals surface area contributed by atoms with Crippen LogP contribution in [0.2, 0.25) is 0 Å². The van der Waals surface area contributed by atoms with Crippen molar-refractivity contribution in [2.24, 2.45) is 5.73 Å². The summed E-state index contributed by atoms with van der Waals surface area (Å²) in [6.07, 6.45) is 1.07. The number of nitrogens with two attached hydrogens (primary N) is 1. The maximum absolute atomic E-state index is 13.3. The van der Waals surface area contributed by atoms with E-state index in [1.165, 1.54) is 12.1 Å². The van der Waals surface area contributed by atoms with E-state index in [0.29, 0.717) is 6.54 Å². The fourth-order valence-electron chi connectivity index (χ4n) is 2.59. The Balaban J connectivity index is 2.16. The molecule has 0 radical (unpaired) electrons. The van der Waals surface area contributed by atoms with Crippen LogP contribution in [-0.2, 0) is 0 Å². The first-order valence-corrected chi connectivity index (χ1v) is 6.69. The summed E-state index contributed by atoms with van der Waals surface area (Å²) in [7, 11) is 2.10. The molecule has 0 saturated carbocycles. The monoisotopic (exact) mass is 269 g/mol. The van der Waals surface area contributed by atoms with Crippen LogP contribution in [-0.4, -0.2) is 49.6 Å². The zero-order chi connectivity index (χ0) is 13.8. The van der Waals surface area contributed by atoms with Crippen LogP contribution in [0.25, 0.3) is 0 Å². The number of hydrogen-bond acceptors (Lipinski definition) is 3. The zero-order valence-corrected chi connectivity index (χ0v) is 11.3. The van der Waals surface area contributed by atoms with Gasteiger partial charge in [-0.15, -0.1) is 0 Å². The predicted molar refractivity (Wildman–Crippen MR) is 71.8 cm³/mol. The van der Waals surface area contributed by atoms with Crippen LogP contribution in [0.3, 0.4) is 0 Å². The highest BCUT2D eigenvalue weighted by molar-refractivity contribution is 5.22. The molecule has 1 heterocycles. The van der Waals surface area contributed by atoms with Crippen molar-refractivity contribution in [3.05, 3.63) is 35.4 Å². The lowest BCUT2D eigenvalue weighted by Gasteiger charge is -2.30. The second-order valence-corrected chi connectivity index (χ2v) is 5.12. The molecule has 0 aliphatic carbocycles. The molecular formula is C14H21F2N3. The van der Waals surface area contributed by atoms with Crippen LogP contribution in [0, 0.1) is 11.6 Å². The van der Waals surface area contributed by atoms with Crippen LogP contribution in [0.15, 0.2) is 18.2 Å². The topological polar surface area (TPSA) is 32.5 Å². The van der Waals surface area contributed by atoms with Crippen molar-refractivity contribution in [1.82, 2.24) is 9.80 Å². The van der Waals surface area contributed by atoms with Gasteiger partial charge in [0.1, 0.15) is 0 Å². The zero-order valence-electron chi connectivity index (χ0n) is 11.3. The minimum Gasteiger partial charge on any atom is -0.329 e. The molecular weight excluding hydrogens is 248 g/mol. The van der Waals surface area contributed by atoms with Crippen LogP contribution in [0.5, 0.6) is 0 Å². The van der Waals surface area contributed by atoms with Gasteiger partial charge in [-0.05, 0) is 37.7 Å². The summed E-state index contributed by atoms with van der Waals surface area (Å²) in [6, 6.07) is 4.03. The first-order chi connectivity index (χ1) is 9.11. The van der Waals surface area contributed by atoms with Crippen molar-refractivity contribution < 1.29 is 8.78 Å². The Labute approximate surface area is 113 Å². The Morgan fingerprint density at radius 3 is 2.63 bits per heavy atom. The van der Waals surface area contributed by atoms with Crippen molar-refractivity contribution in [2.45, 2.75) is 12.5 Å².